The largest absolute Gasteiger partial charge is 0.307 e. The number of rotatable bonds is 4. The van der Waals surface area contributed by atoms with Crippen LogP contribution in [-0.2, 0) is 11.2 Å². The fourth-order valence-electron chi connectivity index (χ4n) is 1.63. The van der Waals surface area contributed by atoms with Crippen LogP contribution in [0.15, 0.2) is 36.5 Å². The first-order valence-electron chi connectivity index (χ1n) is 5.96. The molecule has 2 aromatic rings. The molecule has 0 saturated heterocycles. The van der Waals surface area contributed by atoms with E-state index in [4.69, 9.17) is 0 Å². The van der Waals surface area contributed by atoms with Gasteiger partial charge in [0, 0.05) is 11.6 Å². The second-order valence-corrected chi connectivity index (χ2v) is 4.00. The summed E-state index contributed by atoms with van der Waals surface area (Å²) < 4.78 is 12.9. The number of halogens is 1. The minimum Gasteiger partial charge on any atom is -0.307 e. The lowest BCUT2D eigenvalue weighted by molar-refractivity contribution is -0.111. The average molecular weight is 259 g/mol. The van der Waals surface area contributed by atoms with E-state index in [2.05, 4.69) is 15.5 Å². The van der Waals surface area contributed by atoms with Crippen molar-refractivity contribution in [1.29, 1.82) is 0 Å². The molecule has 4 nitrogen and oxygen atoms in total. The van der Waals surface area contributed by atoms with Gasteiger partial charge in [0.2, 0.25) is 5.91 Å². The molecule has 1 aromatic heterocycles. The van der Waals surface area contributed by atoms with Crippen LogP contribution in [0.1, 0.15) is 18.1 Å². The number of aromatic nitrogens is 2. The molecule has 0 aliphatic carbocycles. The van der Waals surface area contributed by atoms with Crippen molar-refractivity contribution in [2.75, 3.05) is 5.32 Å². The van der Waals surface area contributed by atoms with E-state index >= 15 is 0 Å². The molecule has 2 N–H and O–H groups in total. The molecule has 0 aliphatic rings. The van der Waals surface area contributed by atoms with Gasteiger partial charge >= 0.3 is 0 Å². The second kappa shape index (κ2) is 5.95. The minimum atomic E-state index is -0.329. The molecular formula is C14H14FN3O. The van der Waals surface area contributed by atoms with Crippen molar-refractivity contribution in [3.63, 3.8) is 0 Å². The molecule has 0 saturated carbocycles. The first-order valence-corrected chi connectivity index (χ1v) is 5.96. The zero-order valence-electron chi connectivity index (χ0n) is 10.5. The maximum atomic E-state index is 12.9. The van der Waals surface area contributed by atoms with E-state index in [1.54, 1.807) is 24.4 Å². The molecule has 0 spiro atoms. The van der Waals surface area contributed by atoms with Crippen molar-refractivity contribution < 1.29 is 9.18 Å². The Morgan fingerprint density at radius 2 is 2.37 bits per heavy atom. The van der Waals surface area contributed by atoms with Gasteiger partial charge < -0.3 is 5.32 Å². The van der Waals surface area contributed by atoms with E-state index in [0.29, 0.717) is 11.4 Å². The summed E-state index contributed by atoms with van der Waals surface area (Å²) in [4.78, 5) is 11.7. The molecule has 5 heteroatoms. The molecule has 1 aromatic carbocycles. The quantitative estimate of drug-likeness (QED) is 0.829. The number of amides is 1. The summed E-state index contributed by atoms with van der Waals surface area (Å²) in [6, 6.07) is 6.03. The van der Waals surface area contributed by atoms with Crippen molar-refractivity contribution in [1.82, 2.24) is 10.2 Å². The van der Waals surface area contributed by atoms with Gasteiger partial charge in [-0.25, -0.2) is 4.39 Å². The van der Waals surface area contributed by atoms with Crippen LogP contribution in [0.2, 0.25) is 0 Å². The second-order valence-electron chi connectivity index (χ2n) is 4.00. The lowest BCUT2D eigenvalue weighted by Gasteiger charge is -2.00. The zero-order valence-corrected chi connectivity index (χ0v) is 10.5. The third kappa shape index (κ3) is 3.51. The van der Waals surface area contributed by atoms with Crippen LogP contribution in [-0.4, -0.2) is 16.1 Å². The first kappa shape index (κ1) is 13.0. The van der Waals surface area contributed by atoms with Crippen LogP contribution in [0, 0.1) is 5.82 Å². The highest BCUT2D eigenvalue weighted by Gasteiger charge is 2.04. The van der Waals surface area contributed by atoms with E-state index in [1.807, 2.05) is 6.92 Å². The van der Waals surface area contributed by atoms with Crippen molar-refractivity contribution in [3.8, 4) is 0 Å². The maximum Gasteiger partial charge on any atom is 0.249 e. The molecule has 2 rings (SSSR count). The van der Waals surface area contributed by atoms with Crippen LogP contribution in [0.25, 0.3) is 6.08 Å². The van der Waals surface area contributed by atoms with Gasteiger partial charge in [-0.1, -0.05) is 19.1 Å². The van der Waals surface area contributed by atoms with E-state index in [1.165, 1.54) is 18.2 Å². The Morgan fingerprint density at radius 1 is 1.53 bits per heavy atom. The van der Waals surface area contributed by atoms with Crippen molar-refractivity contribution >= 4 is 17.8 Å². The number of hydrogen-bond acceptors (Lipinski definition) is 2. The molecule has 19 heavy (non-hydrogen) atoms. The van der Waals surface area contributed by atoms with Crippen LogP contribution in [0.3, 0.4) is 0 Å². The van der Waals surface area contributed by atoms with Gasteiger partial charge in [0.25, 0.3) is 0 Å². The van der Waals surface area contributed by atoms with Crippen LogP contribution in [0.5, 0.6) is 0 Å². The van der Waals surface area contributed by atoms with Gasteiger partial charge in [0.1, 0.15) is 11.6 Å². The van der Waals surface area contributed by atoms with E-state index < -0.39 is 0 Å². The Balaban J connectivity index is 2.02. The van der Waals surface area contributed by atoms with Crippen molar-refractivity contribution in [3.05, 3.63) is 53.5 Å². The van der Waals surface area contributed by atoms with E-state index in [-0.39, 0.29) is 11.7 Å². The molecule has 0 fully saturated rings. The standard InChI is InChI=1S/C14H14FN3O/c1-2-11-9-16-18-14(11)17-13(19)7-6-10-4-3-5-12(15)8-10/h3-9H,2H2,1H3,(H2,16,17,18,19)/b7-6+. The van der Waals surface area contributed by atoms with Gasteiger partial charge in [-0.3, -0.25) is 9.89 Å². The lowest BCUT2D eigenvalue weighted by Crippen LogP contribution is -2.09. The summed E-state index contributed by atoms with van der Waals surface area (Å²) in [5, 5.41) is 9.27. The molecule has 0 bridgehead atoms. The average Bonchev–Trinajstić information content (AvgIpc) is 2.84. The monoisotopic (exact) mass is 259 g/mol. The van der Waals surface area contributed by atoms with Crippen LogP contribution >= 0.6 is 0 Å². The Kier molecular flexibility index (Phi) is 4.07. The predicted molar refractivity (Wildman–Crippen MR) is 72.0 cm³/mol. The van der Waals surface area contributed by atoms with Gasteiger partial charge in [-0.15, -0.1) is 0 Å². The molecule has 0 atom stereocenters. The van der Waals surface area contributed by atoms with Crippen LogP contribution in [0.4, 0.5) is 10.2 Å². The van der Waals surface area contributed by atoms with E-state index in [9.17, 15) is 9.18 Å². The SMILES string of the molecule is CCc1cn[nH]c1NC(=O)/C=C/c1cccc(F)c1. The number of benzene rings is 1. The van der Waals surface area contributed by atoms with E-state index in [0.717, 1.165) is 12.0 Å². The lowest BCUT2D eigenvalue weighted by atomic mass is 10.2. The van der Waals surface area contributed by atoms with Gasteiger partial charge in [-0.2, -0.15) is 5.10 Å². The fourth-order valence-corrected chi connectivity index (χ4v) is 1.63. The number of carbonyl (C=O) groups excluding carboxylic acids is 1. The van der Waals surface area contributed by atoms with Gasteiger partial charge in [-0.05, 0) is 30.2 Å². The number of aryl methyl sites for hydroxylation is 1. The number of nitrogens with zero attached hydrogens (tertiary/aromatic N) is 1. The third-order valence-electron chi connectivity index (χ3n) is 2.62. The summed E-state index contributed by atoms with van der Waals surface area (Å²) in [5.41, 5.74) is 1.57. The smallest absolute Gasteiger partial charge is 0.249 e. The molecule has 98 valence electrons. The summed E-state index contributed by atoms with van der Waals surface area (Å²) in [6.45, 7) is 1.98. The summed E-state index contributed by atoms with van der Waals surface area (Å²) >= 11 is 0. The third-order valence-corrected chi connectivity index (χ3v) is 2.62. The number of hydrogen-bond donors (Lipinski definition) is 2. The van der Waals surface area contributed by atoms with Gasteiger partial charge in [0.05, 0.1) is 6.20 Å². The highest BCUT2D eigenvalue weighted by Crippen LogP contribution is 2.11. The molecule has 1 heterocycles. The maximum absolute atomic E-state index is 12.9. The van der Waals surface area contributed by atoms with Crippen molar-refractivity contribution in [2.24, 2.45) is 0 Å². The fraction of sp³-hybridized carbons (Fsp3) is 0.143. The van der Waals surface area contributed by atoms with Gasteiger partial charge in [0.15, 0.2) is 0 Å². The molecule has 0 radical (unpaired) electrons. The molecular weight excluding hydrogens is 245 g/mol. The Labute approximate surface area is 110 Å². The van der Waals surface area contributed by atoms with Crippen LogP contribution < -0.4 is 5.32 Å². The number of nitrogens with one attached hydrogen (secondary N) is 2. The number of anilines is 1. The summed E-state index contributed by atoms with van der Waals surface area (Å²) in [5.74, 6) is -0.0241. The number of aromatic amines is 1. The topological polar surface area (TPSA) is 57.8 Å². The molecule has 0 aliphatic heterocycles. The normalized spacial score (nSPS) is 10.8. The predicted octanol–water partition coefficient (Wildman–Crippen LogP) is 2.76. The Bertz CT molecular complexity index is 604. The van der Waals surface area contributed by atoms with Crippen molar-refractivity contribution in [2.45, 2.75) is 13.3 Å². The Morgan fingerprint density at radius 3 is 3.11 bits per heavy atom. The highest BCUT2D eigenvalue weighted by molar-refractivity contribution is 6.01. The summed E-state index contributed by atoms with van der Waals surface area (Å²) in [6.07, 6.45) is 5.36. The highest BCUT2D eigenvalue weighted by atomic mass is 19.1. The minimum absolute atomic E-state index is 0.289. The zero-order chi connectivity index (χ0) is 13.7. The number of carbonyl (C=O) groups is 1. The Hall–Kier alpha value is -2.43. The molecule has 1 amide bonds. The summed E-state index contributed by atoms with van der Waals surface area (Å²) in [7, 11) is 0. The molecule has 0 unspecified atom stereocenters. The first-order chi connectivity index (χ1) is 9.19. The number of H-pyrrole nitrogens is 1.